The van der Waals surface area contributed by atoms with Gasteiger partial charge in [-0.1, -0.05) is 25.4 Å². The maximum Gasteiger partial charge on any atom is 0.243 e. The molecule has 4 nitrogen and oxygen atoms in total. The summed E-state index contributed by atoms with van der Waals surface area (Å²) in [6.45, 7) is 5.35. The van der Waals surface area contributed by atoms with Gasteiger partial charge in [0, 0.05) is 6.42 Å². The molecule has 0 saturated carbocycles. The molecule has 0 radical (unpaired) electrons. The highest BCUT2D eigenvalue weighted by atomic mass is 16.5. The fraction of sp³-hybridized carbons (Fsp3) is 0.818. The van der Waals surface area contributed by atoms with Crippen LogP contribution >= 0.6 is 0 Å². The molecule has 1 saturated heterocycles. The summed E-state index contributed by atoms with van der Waals surface area (Å²) in [5, 5.41) is 7.38. The quantitative estimate of drug-likeness (QED) is 0.828. The number of hydrogen-bond donors (Lipinski definition) is 1. The molecule has 2 heterocycles. The first-order chi connectivity index (χ1) is 7.33. The molecule has 15 heavy (non-hydrogen) atoms. The molecule has 0 bridgehead atoms. The molecule has 0 aromatic carbocycles. The zero-order valence-electron chi connectivity index (χ0n) is 9.49. The Hall–Kier alpha value is -0.900. The first-order valence-corrected chi connectivity index (χ1v) is 5.89. The Morgan fingerprint density at radius 1 is 1.47 bits per heavy atom. The molecule has 0 spiro atoms. The van der Waals surface area contributed by atoms with E-state index in [4.69, 9.17) is 4.52 Å². The molecule has 1 fully saturated rings. The highest BCUT2D eigenvalue weighted by molar-refractivity contribution is 4.95. The predicted octanol–water partition coefficient (Wildman–Crippen LogP) is 2.08. The van der Waals surface area contributed by atoms with E-state index in [0.717, 1.165) is 37.0 Å². The van der Waals surface area contributed by atoms with Gasteiger partial charge in [-0.15, -0.1) is 0 Å². The van der Waals surface area contributed by atoms with Crippen molar-refractivity contribution in [3.8, 4) is 0 Å². The van der Waals surface area contributed by atoms with Gasteiger partial charge in [0.15, 0.2) is 5.82 Å². The van der Waals surface area contributed by atoms with E-state index >= 15 is 0 Å². The van der Waals surface area contributed by atoms with E-state index in [2.05, 4.69) is 22.4 Å². The van der Waals surface area contributed by atoms with Crippen molar-refractivity contribution in [2.24, 2.45) is 5.92 Å². The van der Waals surface area contributed by atoms with E-state index in [1.54, 1.807) is 0 Å². The Balaban J connectivity index is 2.03. The molecule has 1 aliphatic rings. The molecule has 1 N–H and O–H groups in total. The minimum atomic E-state index is 0.275. The predicted molar refractivity (Wildman–Crippen MR) is 57.4 cm³/mol. The molecule has 2 atom stereocenters. The van der Waals surface area contributed by atoms with Gasteiger partial charge >= 0.3 is 0 Å². The van der Waals surface area contributed by atoms with E-state index < -0.39 is 0 Å². The number of nitrogens with zero attached hydrogens (tertiary/aromatic N) is 2. The second kappa shape index (κ2) is 4.75. The van der Waals surface area contributed by atoms with Crippen LogP contribution in [0.2, 0.25) is 0 Å². The number of aryl methyl sites for hydroxylation is 1. The summed E-state index contributed by atoms with van der Waals surface area (Å²) in [6, 6.07) is 0.275. The fourth-order valence-corrected chi connectivity index (χ4v) is 2.11. The van der Waals surface area contributed by atoms with Crippen molar-refractivity contribution in [2.45, 2.75) is 45.6 Å². The van der Waals surface area contributed by atoms with Crippen molar-refractivity contribution in [3.05, 3.63) is 11.7 Å². The molecule has 0 amide bonds. The molecule has 2 unspecified atom stereocenters. The van der Waals surface area contributed by atoms with Gasteiger partial charge in [-0.2, -0.15) is 4.98 Å². The Morgan fingerprint density at radius 3 is 3.00 bits per heavy atom. The van der Waals surface area contributed by atoms with Crippen LogP contribution in [0.25, 0.3) is 0 Å². The van der Waals surface area contributed by atoms with E-state index in [1.165, 1.54) is 12.8 Å². The first-order valence-electron chi connectivity index (χ1n) is 5.89. The van der Waals surface area contributed by atoms with Crippen molar-refractivity contribution in [1.82, 2.24) is 15.5 Å². The van der Waals surface area contributed by atoms with Gasteiger partial charge in [0.25, 0.3) is 0 Å². The summed E-state index contributed by atoms with van der Waals surface area (Å²) in [7, 11) is 0. The van der Waals surface area contributed by atoms with E-state index in [1.807, 2.05) is 6.92 Å². The zero-order valence-corrected chi connectivity index (χ0v) is 9.49. The van der Waals surface area contributed by atoms with Gasteiger partial charge in [-0.05, 0) is 25.3 Å². The Labute approximate surface area is 90.4 Å². The topological polar surface area (TPSA) is 51.0 Å². The molecule has 1 aromatic heterocycles. The normalized spacial score (nSPS) is 26.8. The maximum atomic E-state index is 5.26. The summed E-state index contributed by atoms with van der Waals surface area (Å²) < 4.78 is 5.26. The van der Waals surface area contributed by atoms with Crippen molar-refractivity contribution in [1.29, 1.82) is 0 Å². The lowest BCUT2D eigenvalue weighted by Crippen LogP contribution is -2.31. The molecule has 1 aromatic rings. The Kier molecular flexibility index (Phi) is 3.36. The van der Waals surface area contributed by atoms with Crippen LogP contribution in [0.3, 0.4) is 0 Å². The molecular formula is C11H19N3O. The Bertz CT molecular complexity index is 311. The maximum absolute atomic E-state index is 5.26. The summed E-state index contributed by atoms with van der Waals surface area (Å²) in [6.07, 6.45) is 4.48. The van der Waals surface area contributed by atoms with E-state index in [-0.39, 0.29) is 6.04 Å². The average molecular weight is 209 g/mol. The van der Waals surface area contributed by atoms with Crippen molar-refractivity contribution in [3.63, 3.8) is 0 Å². The summed E-state index contributed by atoms with van der Waals surface area (Å²) in [4.78, 5) is 4.38. The molecule has 0 aliphatic carbocycles. The van der Waals surface area contributed by atoms with Gasteiger partial charge in [0.2, 0.25) is 5.89 Å². The number of rotatable bonds is 3. The Morgan fingerprint density at radius 2 is 2.33 bits per heavy atom. The van der Waals surface area contributed by atoms with Crippen LogP contribution in [0.1, 0.15) is 50.9 Å². The highest BCUT2D eigenvalue weighted by Gasteiger charge is 2.25. The molecule has 2 rings (SSSR count). The van der Waals surface area contributed by atoms with Crippen LogP contribution in [-0.4, -0.2) is 16.7 Å². The second-order valence-corrected chi connectivity index (χ2v) is 4.21. The lowest BCUT2D eigenvalue weighted by molar-refractivity contribution is 0.245. The number of aromatic nitrogens is 2. The van der Waals surface area contributed by atoms with E-state index in [9.17, 15) is 0 Å². The van der Waals surface area contributed by atoms with Crippen molar-refractivity contribution < 1.29 is 4.52 Å². The molecule has 4 heteroatoms. The first kappa shape index (κ1) is 10.6. The minimum absolute atomic E-state index is 0.275. The van der Waals surface area contributed by atoms with Gasteiger partial charge < -0.3 is 9.84 Å². The van der Waals surface area contributed by atoms with Crippen LogP contribution in [0.4, 0.5) is 0 Å². The lowest BCUT2D eigenvalue weighted by atomic mass is 9.90. The third-order valence-corrected chi connectivity index (χ3v) is 3.19. The monoisotopic (exact) mass is 209 g/mol. The number of nitrogens with one attached hydrogen (secondary N) is 1. The molecular weight excluding hydrogens is 190 g/mol. The fourth-order valence-electron chi connectivity index (χ4n) is 2.11. The highest BCUT2D eigenvalue weighted by Crippen LogP contribution is 2.27. The number of piperidine rings is 1. The van der Waals surface area contributed by atoms with Gasteiger partial charge in [-0.25, -0.2) is 0 Å². The average Bonchev–Trinajstić information content (AvgIpc) is 2.78. The summed E-state index contributed by atoms with van der Waals surface area (Å²) in [5.41, 5.74) is 0. The standard InChI is InChI=1S/C11H19N3O/c1-3-8-5-6-12-9(7-8)11-13-10(4-2)14-15-11/h8-9,12H,3-7H2,1-2H3. The molecule has 1 aliphatic heterocycles. The SMILES string of the molecule is CCc1noc(C2CC(CC)CCN2)n1. The third kappa shape index (κ3) is 2.37. The van der Waals surface area contributed by atoms with Crippen LogP contribution < -0.4 is 5.32 Å². The van der Waals surface area contributed by atoms with Gasteiger partial charge in [-0.3, -0.25) is 0 Å². The second-order valence-electron chi connectivity index (χ2n) is 4.21. The van der Waals surface area contributed by atoms with Crippen molar-refractivity contribution in [2.75, 3.05) is 6.54 Å². The lowest BCUT2D eigenvalue weighted by Gasteiger charge is -2.27. The smallest absolute Gasteiger partial charge is 0.243 e. The van der Waals surface area contributed by atoms with Crippen LogP contribution in [0.15, 0.2) is 4.52 Å². The summed E-state index contributed by atoms with van der Waals surface area (Å²) >= 11 is 0. The van der Waals surface area contributed by atoms with E-state index in [0.29, 0.717) is 0 Å². The van der Waals surface area contributed by atoms with Crippen molar-refractivity contribution >= 4 is 0 Å². The third-order valence-electron chi connectivity index (χ3n) is 3.19. The van der Waals surface area contributed by atoms with Crippen LogP contribution in [0.5, 0.6) is 0 Å². The number of hydrogen-bond acceptors (Lipinski definition) is 4. The van der Waals surface area contributed by atoms with Crippen LogP contribution in [0, 0.1) is 5.92 Å². The van der Waals surface area contributed by atoms with Gasteiger partial charge in [0.1, 0.15) is 0 Å². The minimum Gasteiger partial charge on any atom is -0.338 e. The van der Waals surface area contributed by atoms with Gasteiger partial charge in [0.05, 0.1) is 6.04 Å². The molecule has 84 valence electrons. The summed E-state index contributed by atoms with van der Waals surface area (Å²) in [5.74, 6) is 2.38. The zero-order chi connectivity index (χ0) is 10.7. The largest absolute Gasteiger partial charge is 0.338 e. The van der Waals surface area contributed by atoms with Crippen LogP contribution in [-0.2, 0) is 6.42 Å².